The summed E-state index contributed by atoms with van der Waals surface area (Å²) >= 11 is 0. The highest BCUT2D eigenvalue weighted by Gasteiger charge is 2.12. The van der Waals surface area contributed by atoms with E-state index in [9.17, 15) is 4.79 Å². The maximum Gasteiger partial charge on any atom is 0.251 e. The van der Waals surface area contributed by atoms with Gasteiger partial charge in [0.1, 0.15) is 18.1 Å². The van der Waals surface area contributed by atoms with Gasteiger partial charge < -0.3 is 24.3 Å². The molecule has 0 aromatic heterocycles. The topological polar surface area (TPSA) is 66.0 Å². The van der Waals surface area contributed by atoms with E-state index in [1.807, 2.05) is 66.7 Å². The van der Waals surface area contributed by atoms with Crippen LogP contribution in [0, 0.1) is 0 Å². The van der Waals surface area contributed by atoms with E-state index in [1.54, 1.807) is 33.5 Å². The van der Waals surface area contributed by atoms with Crippen molar-refractivity contribution in [2.45, 2.75) is 13.0 Å². The molecule has 37 heavy (non-hydrogen) atoms. The van der Waals surface area contributed by atoms with Crippen molar-refractivity contribution >= 4 is 5.91 Å². The van der Waals surface area contributed by atoms with Gasteiger partial charge in [0, 0.05) is 17.7 Å². The number of methoxy groups -OCH3 is 3. The predicted octanol–water partition coefficient (Wildman–Crippen LogP) is 5.93. The number of hydrogen-bond acceptors (Lipinski definition) is 5. The van der Waals surface area contributed by atoms with Gasteiger partial charge in [-0.25, -0.2) is 0 Å². The summed E-state index contributed by atoms with van der Waals surface area (Å²) in [5.74, 6) is 2.60. The van der Waals surface area contributed by atoms with E-state index in [4.69, 9.17) is 18.9 Å². The van der Waals surface area contributed by atoms with E-state index in [0.29, 0.717) is 35.8 Å². The zero-order chi connectivity index (χ0) is 26.0. The number of rotatable bonds is 11. The van der Waals surface area contributed by atoms with Crippen LogP contribution >= 0.6 is 0 Å². The van der Waals surface area contributed by atoms with Crippen molar-refractivity contribution in [3.63, 3.8) is 0 Å². The minimum absolute atomic E-state index is 0.156. The standard InChI is InChI=1S/C31H31NO5/c1-34-28-16-12-25(31(33)32-18-17-22-9-15-29(35-2)30(19-22)36-3)20-26(28)21-37-27-13-10-24(11-14-27)23-7-5-4-6-8-23/h4-16,19-20H,17-18,21H2,1-3H3,(H,32,33). The summed E-state index contributed by atoms with van der Waals surface area (Å²) < 4.78 is 22.1. The highest BCUT2D eigenvalue weighted by molar-refractivity contribution is 5.94. The first-order valence-corrected chi connectivity index (χ1v) is 12.1. The zero-order valence-corrected chi connectivity index (χ0v) is 21.3. The summed E-state index contributed by atoms with van der Waals surface area (Å²) in [6, 6.07) is 29.2. The monoisotopic (exact) mass is 497 g/mol. The minimum Gasteiger partial charge on any atom is -0.496 e. The third-order valence-corrected chi connectivity index (χ3v) is 6.05. The molecule has 0 atom stereocenters. The maximum absolute atomic E-state index is 12.8. The van der Waals surface area contributed by atoms with Gasteiger partial charge in [-0.05, 0) is 65.6 Å². The Hall–Kier alpha value is -4.45. The van der Waals surface area contributed by atoms with Crippen LogP contribution in [0.3, 0.4) is 0 Å². The summed E-state index contributed by atoms with van der Waals surface area (Å²) in [5.41, 5.74) is 4.66. The molecule has 1 amide bonds. The van der Waals surface area contributed by atoms with Crippen LogP contribution in [-0.2, 0) is 13.0 Å². The molecule has 190 valence electrons. The van der Waals surface area contributed by atoms with Crippen LogP contribution in [-0.4, -0.2) is 33.8 Å². The molecular formula is C31H31NO5. The van der Waals surface area contributed by atoms with E-state index < -0.39 is 0 Å². The lowest BCUT2D eigenvalue weighted by atomic mass is 10.1. The van der Waals surface area contributed by atoms with Crippen molar-refractivity contribution in [1.82, 2.24) is 5.32 Å². The lowest BCUT2D eigenvalue weighted by molar-refractivity contribution is 0.0954. The van der Waals surface area contributed by atoms with Gasteiger partial charge in [-0.1, -0.05) is 48.5 Å². The molecule has 0 aliphatic heterocycles. The Balaban J connectivity index is 1.36. The number of ether oxygens (including phenoxy) is 4. The van der Waals surface area contributed by atoms with Crippen LogP contribution in [0.1, 0.15) is 21.5 Å². The Morgan fingerprint density at radius 1 is 0.703 bits per heavy atom. The number of amides is 1. The van der Waals surface area contributed by atoms with Crippen molar-refractivity contribution in [3.8, 4) is 34.1 Å². The smallest absolute Gasteiger partial charge is 0.251 e. The Bertz CT molecular complexity index is 1320. The second-order valence-electron chi connectivity index (χ2n) is 8.40. The average molecular weight is 498 g/mol. The van der Waals surface area contributed by atoms with Gasteiger partial charge in [-0.2, -0.15) is 0 Å². The molecule has 0 fully saturated rings. The second kappa shape index (κ2) is 12.5. The molecule has 6 nitrogen and oxygen atoms in total. The zero-order valence-electron chi connectivity index (χ0n) is 21.3. The quantitative estimate of drug-likeness (QED) is 0.278. The summed E-state index contributed by atoms with van der Waals surface area (Å²) in [6.45, 7) is 0.764. The molecule has 0 saturated carbocycles. The normalized spacial score (nSPS) is 10.5. The summed E-state index contributed by atoms with van der Waals surface area (Å²) in [7, 11) is 4.82. The third kappa shape index (κ3) is 6.61. The molecule has 0 saturated heterocycles. The predicted molar refractivity (Wildman–Crippen MR) is 145 cm³/mol. The molecule has 4 aromatic carbocycles. The molecule has 4 rings (SSSR count). The molecule has 0 spiro atoms. The third-order valence-electron chi connectivity index (χ3n) is 6.05. The molecule has 0 unspecified atom stereocenters. The summed E-state index contributed by atoms with van der Waals surface area (Å²) in [6.07, 6.45) is 0.664. The first kappa shape index (κ1) is 25.6. The Kier molecular flexibility index (Phi) is 8.66. The molecule has 0 heterocycles. The van der Waals surface area contributed by atoms with Crippen molar-refractivity contribution in [2.24, 2.45) is 0 Å². The number of benzene rings is 4. The van der Waals surface area contributed by atoms with Crippen molar-refractivity contribution < 1.29 is 23.7 Å². The largest absolute Gasteiger partial charge is 0.496 e. The fourth-order valence-corrected chi connectivity index (χ4v) is 4.03. The van der Waals surface area contributed by atoms with Crippen LogP contribution in [0.5, 0.6) is 23.0 Å². The number of carbonyl (C=O) groups is 1. The van der Waals surface area contributed by atoms with Crippen molar-refractivity contribution in [2.75, 3.05) is 27.9 Å². The molecule has 4 aromatic rings. The molecule has 0 radical (unpaired) electrons. The first-order valence-electron chi connectivity index (χ1n) is 12.1. The number of carbonyl (C=O) groups excluding carboxylic acids is 1. The summed E-state index contributed by atoms with van der Waals surface area (Å²) in [4.78, 5) is 12.8. The molecular weight excluding hydrogens is 466 g/mol. The first-order chi connectivity index (χ1) is 18.1. The van der Waals surface area contributed by atoms with Crippen molar-refractivity contribution in [3.05, 3.63) is 108 Å². The number of nitrogens with one attached hydrogen (secondary N) is 1. The Morgan fingerprint density at radius 3 is 2.08 bits per heavy atom. The average Bonchev–Trinajstić information content (AvgIpc) is 2.96. The van der Waals surface area contributed by atoms with E-state index in [1.165, 1.54) is 0 Å². The van der Waals surface area contributed by atoms with Gasteiger partial charge in [0.15, 0.2) is 11.5 Å². The Labute approximate surface area is 217 Å². The highest BCUT2D eigenvalue weighted by Crippen LogP contribution is 2.28. The molecule has 0 bridgehead atoms. The van der Waals surface area contributed by atoms with E-state index in [0.717, 1.165) is 28.0 Å². The molecule has 0 aliphatic rings. The van der Waals surface area contributed by atoms with Crippen LogP contribution < -0.4 is 24.3 Å². The van der Waals surface area contributed by atoms with Gasteiger partial charge in [0.25, 0.3) is 5.91 Å². The van der Waals surface area contributed by atoms with Crippen LogP contribution in [0.25, 0.3) is 11.1 Å². The SMILES string of the molecule is COc1ccc(C(=O)NCCc2ccc(OC)c(OC)c2)cc1COc1ccc(-c2ccccc2)cc1. The lowest BCUT2D eigenvalue weighted by Crippen LogP contribution is -2.25. The van der Waals surface area contributed by atoms with Crippen molar-refractivity contribution in [1.29, 1.82) is 0 Å². The number of hydrogen-bond donors (Lipinski definition) is 1. The molecule has 6 heteroatoms. The van der Waals surface area contributed by atoms with E-state index in [-0.39, 0.29) is 12.5 Å². The fraction of sp³-hybridized carbons (Fsp3) is 0.194. The Morgan fingerprint density at radius 2 is 1.38 bits per heavy atom. The van der Waals surface area contributed by atoms with E-state index >= 15 is 0 Å². The van der Waals surface area contributed by atoms with Gasteiger partial charge in [0.2, 0.25) is 0 Å². The van der Waals surface area contributed by atoms with Crippen LogP contribution in [0.15, 0.2) is 91.0 Å². The van der Waals surface area contributed by atoms with Gasteiger partial charge >= 0.3 is 0 Å². The highest BCUT2D eigenvalue weighted by atomic mass is 16.5. The van der Waals surface area contributed by atoms with Gasteiger partial charge in [-0.3, -0.25) is 4.79 Å². The fourth-order valence-electron chi connectivity index (χ4n) is 4.03. The van der Waals surface area contributed by atoms with Crippen LogP contribution in [0.2, 0.25) is 0 Å². The van der Waals surface area contributed by atoms with Gasteiger partial charge in [-0.15, -0.1) is 0 Å². The second-order valence-corrected chi connectivity index (χ2v) is 8.40. The minimum atomic E-state index is -0.156. The van der Waals surface area contributed by atoms with Gasteiger partial charge in [0.05, 0.1) is 21.3 Å². The molecule has 1 N–H and O–H groups in total. The maximum atomic E-state index is 12.8. The lowest BCUT2D eigenvalue weighted by Gasteiger charge is -2.13. The van der Waals surface area contributed by atoms with E-state index in [2.05, 4.69) is 17.4 Å². The van der Waals surface area contributed by atoms with Crippen LogP contribution in [0.4, 0.5) is 0 Å². The molecule has 0 aliphatic carbocycles. The summed E-state index contributed by atoms with van der Waals surface area (Å²) in [5, 5.41) is 2.98.